The maximum Gasteiger partial charge on any atom is 0.272 e. The molecule has 0 bridgehead atoms. The summed E-state index contributed by atoms with van der Waals surface area (Å²) in [6.45, 7) is 0. The van der Waals surface area contributed by atoms with Gasteiger partial charge in [-0.1, -0.05) is 53.5 Å². The summed E-state index contributed by atoms with van der Waals surface area (Å²) >= 11 is 14.8. The Morgan fingerprint density at radius 1 is 0.889 bits per heavy atom. The number of hydrogen-bond donors (Lipinski definition) is 3. The lowest BCUT2D eigenvalue weighted by molar-refractivity contribution is -0.114. The average molecular weight is 678 g/mol. The van der Waals surface area contributed by atoms with E-state index >= 15 is 0 Å². The van der Waals surface area contributed by atoms with Crippen molar-refractivity contribution >= 4 is 80.9 Å². The molecule has 5 aromatic rings. The molecule has 226 valence electrons. The third-order valence-electron chi connectivity index (χ3n) is 6.15. The standard InChI is InChI=1S/C33H23Cl2FN4O3S2/c34-22-8-15-26(27(35)17-22)29-18-45-33(39-29)40-30(41)19-44-25-13-11-24(12-14-25)37-32(43)28(16-20-6-9-23(36)10-7-20)38-31(42)21-4-2-1-3-5-21/h1-18H,19H2,(H,37,43)(H,38,42)(H,39,40,41)/b28-16-. The molecule has 0 aliphatic carbocycles. The molecule has 0 fully saturated rings. The molecule has 0 atom stereocenters. The molecular weight excluding hydrogens is 654 g/mol. The summed E-state index contributed by atoms with van der Waals surface area (Å²) in [4.78, 5) is 43.8. The van der Waals surface area contributed by atoms with E-state index < -0.39 is 17.6 Å². The van der Waals surface area contributed by atoms with Crippen molar-refractivity contribution in [3.05, 3.63) is 135 Å². The van der Waals surface area contributed by atoms with Crippen LogP contribution in [0, 0.1) is 5.82 Å². The predicted molar refractivity (Wildman–Crippen MR) is 180 cm³/mol. The lowest BCUT2D eigenvalue weighted by atomic mass is 10.1. The third-order valence-corrected chi connectivity index (χ3v) is 8.47. The second kappa shape index (κ2) is 15.0. The summed E-state index contributed by atoms with van der Waals surface area (Å²) in [7, 11) is 0. The summed E-state index contributed by atoms with van der Waals surface area (Å²) in [5, 5.41) is 11.5. The fourth-order valence-corrected chi connectivity index (χ4v) is 5.89. The van der Waals surface area contributed by atoms with Gasteiger partial charge in [-0.15, -0.1) is 23.1 Å². The van der Waals surface area contributed by atoms with Gasteiger partial charge in [0, 0.05) is 32.1 Å². The minimum atomic E-state index is -0.564. The number of thiazole rings is 1. The number of rotatable bonds is 10. The number of nitrogens with one attached hydrogen (secondary N) is 3. The van der Waals surface area contributed by atoms with Crippen LogP contribution in [0.5, 0.6) is 0 Å². The van der Waals surface area contributed by atoms with Crippen LogP contribution < -0.4 is 16.0 Å². The molecule has 1 heterocycles. The number of carbonyl (C=O) groups excluding carboxylic acids is 3. The molecule has 4 aromatic carbocycles. The van der Waals surface area contributed by atoms with Crippen molar-refractivity contribution in [2.24, 2.45) is 0 Å². The molecular formula is C33H23Cl2FN4O3S2. The molecule has 0 aliphatic rings. The Morgan fingerprint density at radius 2 is 1.62 bits per heavy atom. The summed E-state index contributed by atoms with van der Waals surface area (Å²) in [6, 6.07) is 26.1. The molecule has 0 saturated heterocycles. The fourth-order valence-electron chi connectivity index (χ4n) is 3.96. The van der Waals surface area contributed by atoms with Crippen molar-refractivity contribution in [1.29, 1.82) is 0 Å². The van der Waals surface area contributed by atoms with Crippen molar-refractivity contribution in [3.63, 3.8) is 0 Å². The lowest BCUT2D eigenvalue weighted by Crippen LogP contribution is -2.30. The van der Waals surface area contributed by atoms with Crippen LogP contribution in [0.2, 0.25) is 10.0 Å². The smallest absolute Gasteiger partial charge is 0.272 e. The SMILES string of the molecule is O=C(CSc1ccc(NC(=O)/C(=C/c2ccc(F)cc2)NC(=O)c2ccccc2)cc1)Nc1nc(-c2ccc(Cl)cc2Cl)cs1. The van der Waals surface area contributed by atoms with Gasteiger partial charge in [0.25, 0.3) is 11.8 Å². The van der Waals surface area contributed by atoms with Gasteiger partial charge in [0.05, 0.1) is 16.5 Å². The first-order valence-corrected chi connectivity index (χ1v) is 15.9. The molecule has 0 unspecified atom stereocenters. The molecule has 0 radical (unpaired) electrons. The minimum Gasteiger partial charge on any atom is -0.321 e. The van der Waals surface area contributed by atoms with E-state index in [0.29, 0.717) is 37.7 Å². The van der Waals surface area contributed by atoms with Gasteiger partial charge in [-0.2, -0.15) is 0 Å². The highest BCUT2D eigenvalue weighted by atomic mass is 35.5. The Kier molecular flexibility index (Phi) is 10.6. The van der Waals surface area contributed by atoms with Crippen molar-refractivity contribution in [1.82, 2.24) is 10.3 Å². The minimum absolute atomic E-state index is 0.0192. The van der Waals surface area contributed by atoms with E-state index in [4.69, 9.17) is 23.2 Å². The highest BCUT2D eigenvalue weighted by Crippen LogP contribution is 2.32. The second-order valence-corrected chi connectivity index (χ2v) is 12.2. The van der Waals surface area contributed by atoms with E-state index in [1.807, 2.05) is 0 Å². The van der Waals surface area contributed by atoms with Crippen LogP contribution in [-0.4, -0.2) is 28.5 Å². The van der Waals surface area contributed by atoms with Gasteiger partial charge >= 0.3 is 0 Å². The number of aromatic nitrogens is 1. The van der Waals surface area contributed by atoms with Crippen molar-refractivity contribution < 1.29 is 18.8 Å². The molecule has 12 heteroatoms. The zero-order chi connectivity index (χ0) is 31.8. The Labute approximate surface area is 276 Å². The van der Waals surface area contributed by atoms with Gasteiger partial charge in [0.15, 0.2) is 5.13 Å². The van der Waals surface area contributed by atoms with E-state index in [9.17, 15) is 18.8 Å². The van der Waals surface area contributed by atoms with E-state index in [2.05, 4.69) is 20.9 Å². The number of thioether (sulfide) groups is 1. The Bertz CT molecular complexity index is 1870. The monoisotopic (exact) mass is 676 g/mol. The molecule has 0 saturated carbocycles. The van der Waals surface area contributed by atoms with Gasteiger partial charge < -0.3 is 16.0 Å². The molecule has 5 rings (SSSR count). The van der Waals surface area contributed by atoms with Crippen molar-refractivity contribution in [2.45, 2.75) is 4.90 Å². The quantitative estimate of drug-likeness (QED) is 0.102. The number of benzene rings is 4. The normalized spacial score (nSPS) is 11.1. The van der Waals surface area contributed by atoms with Crippen LogP contribution in [0.1, 0.15) is 15.9 Å². The van der Waals surface area contributed by atoms with E-state index in [1.54, 1.807) is 78.2 Å². The molecule has 3 N–H and O–H groups in total. The topological polar surface area (TPSA) is 100 Å². The Balaban J connectivity index is 1.18. The Morgan fingerprint density at radius 3 is 2.33 bits per heavy atom. The highest BCUT2D eigenvalue weighted by Gasteiger charge is 2.16. The molecule has 45 heavy (non-hydrogen) atoms. The number of halogens is 3. The van der Waals surface area contributed by atoms with Gasteiger partial charge in [-0.05, 0) is 78.4 Å². The number of anilines is 2. The van der Waals surface area contributed by atoms with Crippen LogP contribution >= 0.6 is 46.3 Å². The van der Waals surface area contributed by atoms with Crippen LogP contribution in [0.3, 0.4) is 0 Å². The van der Waals surface area contributed by atoms with Crippen LogP contribution in [-0.2, 0) is 9.59 Å². The maximum absolute atomic E-state index is 13.4. The summed E-state index contributed by atoms with van der Waals surface area (Å²) in [5.74, 6) is -1.54. The molecule has 3 amide bonds. The fraction of sp³-hybridized carbons (Fsp3) is 0.0303. The number of hydrogen-bond acceptors (Lipinski definition) is 6. The van der Waals surface area contributed by atoms with Crippen LogP contribution in [0.4, 0.5) is 15.2 Å². The molecule has 7 nitrogen and oxygen atoms in total. The van der Waals surface area contributed by atoms with Crippen LogP contribution in [0.25, 0.3) is 17.3 Å². The largest absolute Gasteiger partial charge is 0.321 e. The third kappa shape index (κ3) is 9.02. The van der Waals surface area contributed by atoms with Crippen LogP contribution in [0.15, 0.2) is 113 Å². The maximum atomic E-state index is 13.4. The predicted octanol–water partition coefficient (Wildman–Crippen LogP) is 8.40. The molecule has 0 aliphatic heterocycles. The van der Waals surface area contributed by atoms with Gasteiger partial charge in [0.2, 0.25) is 5.91 Å². The van der Waals surface area contributed by atoms with E-state index in [1.165, 1.54) is 53.4 Å². The zero-order valence-electron chi connectivity index (χ0n) is 23.2. The summed E-state index contributed by atoms with van der Waals surface area (Å²) in [6.07, 6.45) is 1.47. The first-order chi connectivity index (χ1) is 21.7. The Hall–Kier alpha value is -4.48. The number of amides is 3. The number of nitrogens with zero attached hydrogens (tertiary/aromatic N) is 1. The van der Waals surface area contributed by atoms with E-state index in [-0.39, 0.29) is 17.4 Å². The summed E-state index contributed by atoms with van der Waals surface area (Å²) < 4.78 is 13.4. The highest BCUT2D eigenvalue weighted by molar-refractivity contribution is 8.00. The first-order valence-electron chi connectivity index (χ1n) is 13.3. The van der Waals surface area contributed by atoms with Gasteiger partial charge in [-0.25, -0.2) is 9.37 Å². The lowest BCUT2D eigenvalue weighted by Gasteiger charge is -2.12. The van der Waals surface area contributed by atoms with Crippen molar-refractivity contribution in [2.75, 3.05) is 16.4 Å². The van der Waals surface area contributed by atoms with Crippen molar-refractivity contribution in [3.8, 4) is 11.3 Å². The first kappa shape index (κ1) is 31.9. The van der Waals surface area contributed by atoms with E-state index in [0.717, 1.165) is 10.5 Å². The zero-order valence-corrected chi connectivity index (χ0v) is 26.4. The average Bonchev–Trinajstić information content (AvgIpc) is 3.49. The molecule has 1 aromatic heterocycles. The number of carbonyl (C=O) groups is 3. The molecule has 0 spiro atoms. The summed E-state index contributed by atoms with van der Waals surface area (Å²) in [5.41, 5.74) is 2.72. The van der Waals surface area contributed by atoms with Gasteiger partial charge in [0.1, 0.15) is 11.5 Å². The second-order valence-electron chi connectivity index (χ2n) is 9.41. The van der Waals surface area contributed by atoms with Gasteiger partial charge in [-0.3, -0.25) is 14.4 Å².